The number of nitro benzene ring substituents is 1. The third kappa shape index (κ3) is 2.81. The van der Waals surface area contributed by atoms with Crippen molar-refractivity contribution in [2.24, 2.45) is 0 Å². The first-order chi connectivity index (χ1) is 10.1. The van der Waals surface area contributed by atoms with E-state index >= 15 is 0 Å². The Kier molecular flexibility index (Phi) is 3.97. The molecular formula is C13H16ClFN4O2. The molecule has 0 aliphatic carbocycles. The molecule has 0 radical (unpaired) electrons. The maximum atomic E-state index is 13.4. The van der Waals surface area contributed by atoms with E-state index in [1.54, 1.807) is 0 Å². The third-order valence-corrected chi connectivity index (χ3v) is 4.44. The van der Waals surface area contributed by atoms with Gasteiger partial charge in [0, 0.05) is 45.3 Å². The molecular weight excluding hydrogens is 299 g/mol. The number of piperazine rings is 1. The Morgan fingerprint density at radius 2 is 1.95 bits per heavy atom. The molecule has 0 atom stereocenters. The minimum absolute atomic E-state index is 0.0822. The summed E-state index contributed by atoms with van der Waals surface area (Å²) in [4.78, 5) is 14.8. The van der Waals surface area contributed by atoms with Crippen molar-refractivity contribution in [3.8, 4) is 0 Å². The van der Waals surface area contributed by atoms with Crippen LogP contribution >= 0.6 is 11.6 Å². The van der Waals surface area contributed by atoms with Gasteiger partial charge in [-0.2, -0.15) is 0 Å². The van der Waals surface area contributed by atoms with Crippen LogP contribution in [-0.2, 0) is 0 Å². The van der Waals surface area contributed by atoms with Crippen LogP contribution in [0.4, 0.5) is 15.8 Å². The Labute approximate surface area is 126 Å². The Morgan fingerprint density at radius 1 is 1.29 bits per heavy atom. The van der Waals surface area contributed by atoms with Gasteiger partial charge >= 0.3 is 0 Å². The fourth-order valence-corrected chi connectivity index (χ4v) is 2.94. The molecule has 1 aromatic carbocycles. The van der Waals surface area contributed by atoms with E-state index in [1.165, 1.54) is 6.07 Å². The first-order valence-electron chi connectivity index (χ1n) is 6.89. The summed E-state index contributed by atoms with van der Waals surface area (Å²) in [5.41, 5.74) is 0.174. The molecule has 2 aliphatic rings. The van der Waals surface area contributed by atoms with Gasteiger partial charge in [-0.25, -0.2) is 4.39 Å². The second-order valence-corrected chi connectivity index (χ2v) is 5.75. The van der Waals surface area contributed by atoms with Crippen LogP contribution in [0.3, 0.4) is 0 Å². The molecule has 0 bridgehead atoms. The van der Waals surface area contributed by atoms with Gasteiger partial charge in [-0.3, -0.25) is 15.0 Å². The van der Waals surface area contributed by atoms with Crippen molar-refractivity contribution in [2.75, 3.05) is 44.2 Å². The van der Waals surface area contributed by atoms with E-state index < -0.39 is 10.7 Å². The fourth-order valence-electron chi connectivity index (χ4n) is 2.78. The highest BCUT2D eigenvalue weighted by molar-refractivity contribution is 6.31. The number of nitro groups is 1. The predicted octanol–water partition coefficient (Wildman–Crippen LogP) is 1.48. The maximum Gasteiger partial charge on any atom is 0.295 e. The van der Waals surface area contributed by atoms with Gasteiger partial charge in [0.25, 0.3) is 5.69 Å². The SMILES string of the molecule is O=[N+]([O-])c1cc(F)c(Cl)cc1N1CCN(C2CNC2)CC1. The number of nitrogens with one attached hydrogen (secondary N) is 1. The fraction of sp³-hybridized carbons (Fsp3) is 0.538. The van der Waals surface area contributed by atoms with E-state index in [-0.39, 0.29) is 10.7 Å². The van der Waals surface area contributed by atoms with Crippen molar-refractivity contribution in [1.82, 2.24) is 10.2 Å². The molecule has 6 nitrogen and oxygen atoms in total. The van der Waals surface area contributed by atoms with Gasteiger partial charge in [0.1, 0.15) is 11.5 Å². The largest absolute Gasteiger partial charge is 0.363 e. The minimum atomic E-state index is -0.758. The first-order valence-corrected chi connectivity index (χ1v) is 7.27. The highest BCUT2D eigenvalue weighted by Gasteiger charge is 2.30. The summed E-state index contributed by atoms with van der Waals surface area (Å²) in [5, 5.41) is 14.3. The lowest BCUT2D eigenvalue weighted by Gasteiger charge is -2.43. The van der Waals surface area contributed by atoms with E-state index in [4.69, 9.17) is 11.6 Å². The molecule has 0 aromatic heterocycles. The summed E-state index contributed by atoms with van der Waals surface area (Å²) in [7, 11) is 0. The first kappa shape index (κ1) is 14.5. The number of rotatable bonds is 3. The summed E-state index contributed by atoms with van der Waals surface area (Å²) in [6, 6.07) is 2.83. The van der Waals surface area contributed by atoms with Crippen molar-refractivity contribution in [1.29, 1.82) is 0 Å². The summed E-state index contributed by atoms with van der Waals surface area (Å²) < 4.78 is 13.4. The molecule has 2 fully saturated rings. The van der Waals surface area contributed by atoms with Crippen molar-refractivity contribution in [3.63, 3.8) is 0 Å². The van der Waals surface area contributed by atoms with E-state index in [9.17, 15) is 14.5 Å². The molecule has 0 saturated carbocycles. The normalized spacial score (nSPS) is 20.4. The Hall–Kier alpha value is -1.44. The number of halogens is 2. The minimum Gasteiger partial charge on any atom is -0.363 e. The molecule has 3 rings (SSSR count). The van der Waals surface area contributed by atoms with Crippen LogP contribution in [-0.4, -0.2) is 55.1 Å². The van der Waals surface area contributed by atoms with Gasteiger partial charge in [-0.05, 0) is 6.07 Å². The molecule has 1 N–H and O–H groups in total. The van der Waals surface area contributed by atoms with Gasteiger partial charge in [-0.1, -0.05) is 11.6 Å². The number of anilines is 1. The second kappa shape index (κ2) is 5.75. The molecule has 0 unspecified atom stereocenters. The smallest absolute Gasteiger partial charge is 0.295 e. The molecule has 2 aliphatic heterocycles. The molecule has 2 saturated heterocycles. The van der Waals surface area contributed by atoms with Crippen molar-refractivity contribution < 1.29 is 9.31 Å². The Morgan fingerprint density at radius 3 is 2.48 bits per heavy atom. The van der Waals surface area contributed by atoms with Gasteiger partial charge in [0.05, 0.1) is 16.0 Å². The monoisotopic (exact) mass is 314 g/mol. The number of hydrogen-bond acceptors (Lipinski definition) is 5. The number of nitrogens with zero attached hydrogens (tertiary/aromatic N) is 3. The van der Waals surface area contributed by atoms with Crippen LogP contribution in [0.5, 0.6) is 0 Å². The standard InChI is InChI=1S/C13H16ClFN4O2/c14-10-5-12(13(19(20)21)6-11(10)15)18-3-1-17(2-4-18)9-7-16-8-9/h5-6,9,16H,1-4,7-8H2. The topological polar surface area (TPSA) is 61.7 Å². The zero-order chi connectivity index (χ0) is 15.0. The zero-order valence-corrected chi connectivity index (χ0v) is 12.1. The van der Waals surface area contributed by atoms with Gasteiger partial charge < -0.3 is 10.2 Å². The molecule has 0 spiro atoms. The van der Waals surface area contributed by atoms with E-state index in [0.717, 1.165) is 32.2 Å². The maximum absolute atomic E-state index is 13.4. The third-order valence-electron chi connectivity index (χ3n) is 4.15. The summed E-state index contributed by atoms with van der Waals surface area (Å²) >= 11 is 5.78. The lowest BCUT2D eigenvalue weighted by molar-refractivity contribution is -0.384. The van der Waals surface area contributed by atoms with Crippen LogP contribution in [0.2, 0.25) is 5.02 Å². The van der Waals surface area contributed by atoms with Crippen LogP contribution in [0, 0.1) is 15.9 Å². The molecule has 21 heavy (non-hydrogen) atoms. The number of benzene rings is 1. The average Bonchev–Trinajstić information content (AvgIpc) is 2.40. The van der Waals surface area contributed by atoms with Crippen LogP contribution in [0.1, 0.15) is 0 Å². The van der Waals surface area contributed by atoms with Crippen molar-refractivity contribution in [3.05, 3.63) is 33.1 Å². The van der Waals surface area contributed by atoms with Crippen LogP contribution < -0.4 is 10.2 Å². The highest BCUT2D eigenvalue weighted by atomic mass is 35.5. The lowest BCUT2D eigenvalue weighted by Crippen LogP contribution is -2.61. The predicted molar refractivity (Wildman–Crippen MR) is 78.5 cm³/mol. The quantitative estimate of drug-likeness (QED) is 0.676. The van der Waals surface area contributed by atoms with Gasteiger partial charge in [-0.15, -0.1) is 0 Å². The number of hydrogen-bond donors (Lipinski definition) is 1. The van der Waals surface area contributed by atoms with Crippen molar-refractivity contribution >= 4 is 23.0 Å². The van der Waals surface area contributed by atoms with E-state index in [2.05, 4.69) is 10.2 Å². The molecule has 8 heteroatoms. The van der Waals surface area contributed by atoms with Gasteiger partial charge in [0.15, 0.2) is 0 Å². The van der Waals surface area contributed by atoms with Gasteiger partial charge in [0.2, 0.25) is 0 Å². The van der Waals surface area contributed by atoms with Crippen LogP contribution in [0.25, 0.3) is 0 Å². The Balaban J connectivity index is 1.77. The summed E-state index contributed by atoms with van der Waals surface area (Å²) in [5.74, 6) is -0.758. The highest BCUT2D eigenvalue weighted by Crippen LogP contribution is 2.33. The molecule has 1 aromatic rings. The van der Waals surface area contributed by atoms with Crippen molar-refractivity contribution in [2.45, 2.75) is 6.04 Å². The van der Waals surface area contributed by atoms with E-state index in [0.29, 0.717) is 24.8 Å². The average molecular weight is 315 g/mol. The summed E-state index contributed by atoms with van der Waals surface area (Å²) in [6.45, 7) is 5.06. The van der Waals surface area contributed by atoms with Crippen LogP contribution in [0.15, 0.2) is 12.1 Å². The lowest BCUT2D eigenvalue weighted by atomic mass is 10.1. The molecule has 0 amide bonds. The Bertz CT molecular complexity index is 559. The molecule has 114 valence electrons. The summed E-state index contributed by atoms with van der Waals surface area (Å²) in [6.07, 6.45) is 0. The van der Waals surface area contributed by atoms with E-state index in [1.807, 2.05) is 4.90 Å². The zero-order valence-electron chi connectivity index (χ0n) is 11.4. The second-order valence-electron chi connectivity index (χ2n) is 5.35. The molecule has 2 heterocycles.